The smallest absolute Gasteiger partial charge is 0.256 e. The number of carbonyl (C=O) groups excluding carboxylic acids is 1. The Hall–Kier alpha value is -3.13. The first-order chi connectivity index (χ1) is 14.4. The number of carbonyl (C=O) groups is 1. The van der Waals surface area contributed by atoms with Crippen LogP contribution in [-0.2, 0) is 10.0 Å². The number of nitrogens with zero attached hydrogens (tertiary/aromatic N) is 5. The maximum atomic E-state index is 12.3. The van der Waals surface area contributed by atoms with Crippen molar-refractivity contribution in [1.82, 2.24) is 25.2 Å². The highest BCUT2D eigenvalue weighted by molar-refractivity contribution is 8.01. The van der Waals surface area contributed by atoms with Gasteiger partial charge < -0.3 is 5.32 Å². The summed E-state index contributed by atoms with van der Waals surface area (Å²) in [5.41, 5.74) is 1.11. The number of sulfonamides is 1. The maximum absolute atomic E-state index is 12.3. The minimum Gasteiger partial charge on any atom is -0.312 e. The molecule has 4 aromatic rings. The van der Waals surface area contributed by atoms with Crippen LogP contribution in [0.2, 0.25) is 0 Å². The van der Waals surface area contributed by atoms with Crippen LogP contribution in [0.1, 0.15) is 10.4 Å². The van der Waals surface area contributed by atoms with E-state index in [0.29, 0.717) is 25.7 Å². The first-order valence-electron chi connectivity index (χ1n) is 8.32. The van der Waals surface area contributed by atoms with Crippen molar-refractivity contribution >= 4 is 44.0 Å². The van der Waals surface area contributed by atoms with Gasteiger partial charge in [-0.2, -0.15) is 4.68 Å². The van der Waals surface area contributed by atoms with E-state index in [9.17, 15) is 13.2 Å². The lowest BCUT2D eigenvalue weighted by Crippen LogP contribution is -2.12. The molecule has 30 heavy (non-hydrogen) atoms. The second-order valence-electron chi connectivity index (χ2n) is 5.82. The number of hydrogen-bond donors (Lipinski definition) is 2. The van der Waals surface area contributed by atoms with Crippen molar-refractivity contribution in [3.05, 3.63) is 66.4 Å². The number of hydrogen-bond acceptors (Lipinski definition) is 9. The zero-order chi connectivity index (χ0) is 21.1. The van der Waals surface area contributed by atoms with Crippen LogP contribution >= 0.6 is 23.1 Å². The molecule has 152 valence electrons. The van der Waals surface area contributed by atoms with E-state index >= 15 is 0 Å². The molecule has 0 fully saturated rings. The van der Waals surface area contributed by atoms with Gasteiger partial charge in [-0.1, -0.05) is 29.5 Å². The number of benzene rings is 2. The van der Waals surface area contributed by atoms with Gasteiger partial charge >= 0.3 is 0 Å². The predicted molar refractivity (Wildman–Crippen MR) is 111 cm³/mol. The molecule has 3 N–H and O–H groups in total. The molecule has 0 bridgehead atoms. The van der Waals surface area contributed by atoms with Gasteiger partial charge in [-0.3, -0.25) is 4.79 Å². The average Bonchev–Trinajstić information content (AvgIpc) is 3.38. The molecule has 2 aromatic carbocycles. The van der Waals surface area contributed by atoms with Gasteiger partial charge in [0.15, 0.2) is 4.34 Å². The number of rotatable bonds is 6. The minimum atomic E-state index is -3.78. The summed E-state index contributed by atoms with van der Waals surface area (Å²) in [6, 6.07) is 14.7. The molecule has 0 radical (unpaired) electrons. The van der Waals surface area contributed by atoms with Gasteiger partial charge in [0.05, 0.1) is 16.8 Å². The third-order valence-electron chi connectivity index (χ3n) is 3.79. The van der Waals surface area contributed by atoms with E-state index in [1.807, 2.05) is 6.07 Å². The Morgan fingerprint density at radius 2 is 1.83 bits per heavy atom. The van der Waals surface area contributed by atoms with Crippen molar-refractivity contribution in [1.29, 1.82) is 0 Å². The Labute approximate surface area is 179 Å². The Morgan fingerprint density at radius 3 is 2.53 bits per heavy atom. The second-order valence-corrected chi connectivity index (χ2v) is 9.63. The van der Waals surface area contributed by atoms with Crippen molar-refractivity contribution in [2.45, 2.75) is 14.4 Å². The van der Waals surface area contributed by atoms with Gasteiger partial charge in [-0.15, -0.1) is 5.10 Å². The van der Waals surface area contributed by atoms with Crippen LogP contribution in [0.3, 0.4) is 0 Å². The van der Waals surface area contributed by atoms with Crippen LogP contribution in [0, 0.1) is 0 Å². The van der Waals surface area contributed by atoms with Gasteiger partial charge in [0.25, 0.3) is 5.91 Å². The quantitative estimate of drug-likeness (QED) is 0.446. The van der Waals surface area contributed by atoms with Gasteiger partial charge in [-0.05, 0) is 58.6 Å². The molecule has 0 atom stereocenters. The van der Waals surface area contributed by atoms with Crippen LogP contribution in [0.4, 0.5) is 5.00 Å². The highest BCUT2D eigenvalue weighted by atomic mass is 32.2. The number of tetrazole rings is 1. The molecular formula is C17H13N7O3S3. The van der Waals surface area contributed by atoms with E-state index in [2.05, 4.69) is 25.8 Å². The molecule has 0 saturated carbocycles. The SMILES string of the molecule is NS(=O)(=O)c1ccc(-n2nnnc2Sc2ncc(NC(=O)c3ccccc3)s2)cc1. The van der Waals surface area contributed by atoms with Crippen LogP contribution in [0.15, 0.2) is 75.2 Å². The fourth-order valence-corrected chi connectivity index (χ4v) is 4.68. The summed E-state index contributed by atoms with van der Waals surface area (Å²) in [7, 11) is -3.78. The Morgan fingerprint density at radius 1 is 1.10 bits per heavy atom. The average molecular weight is 460 g/mol. The highest BCUT2D eigenvalue weighted by Crippen LogP contribution is 2.33. The number of anilines is 1. The monoisotopic (exact) mass is 459 g/mol. The number of aromatic nitrogens is 5. The summed E-state index contributed by atoms with van der Waals surface area (Å²) in [5, 5.41) is 20.5. The standard InChI is InChI=1S/C17H13N7O3S3/c18-30(26,27)13-8-6-12(7-9-13)24-16(21-22-23-24)29-17-19-10-14(28-17)20-15(25)11-4-2-1-3-5-11/h1-10H,(H,20,25)(H2,18,26,27). The third kappa shape index (κ3) is 4.54. The molecule has 0 aliphatic rings. The highest BCUT2D eigenvalue weighted by Gasteiger charge is 2.15. The summed E-state index contributed by atoms with van der Waals surface area (Å²) in [6.07, 6.45) is 1.56. The van der Waals surface area contributed by atoms with Crippen LogP contribution in [0.5, 0.6) is 0 Å². The van der Waals surface area contributed by atoms with Crippen LogP contribution < -0.4 is 10.5 Å². The molecule has 2 heterocycles. The van der Waals surface area contributed by atoms with Crippen molar-refractivity contribution in [3.8, 4) is 5.69 Å². The molecule has 13 heteroatoms. The summed E-state index contributed by atoms with van der Waals surface area (Å²) in [4.78, 5) is 16.5. The van der Waals surface area contributed by atoms with Crippen LogP contribution in [-0.4, -0.2) is 39.5 Å². The van der Waals surface area contributed by atoms with Crippen molar-refractivity contribution in [3.63, 3.8) is 0 Å². The third-order valence-corrected chi connectivity index (χ3v) is 6.64. The van der Waals surface area contributed by atoms with E-state index in [1.165, 1.54) is 39.9 Å². The predicted octanol–water partition coefficient (Wildman–Crippen LogP) is 2.17. The number of amides is 1. The lowest BCUT2D eigenvalue weighted by molar-refractivity contribution is 0.102. The van der Waals surface area contributed by atoms with E-state index in [1.54, 1.807) is 42.6 Å². The molecule has 0 aliphatic heterocycles. The van der Waals surface area contributed by atoms with E-state index in [0.717, 1.165) is 0 Å². The molecule has 2 aromatic heterocycles. The zero-order valence-corrected chi connectivity index (χ0v) is 17.5. The van der Waals surface area contributed by atoms with E-state index < -0.39 is 10.0 Å². The molecule has 0 saturated heterocycles. The summed E-state index contributed by atoms with van der Waals surface area (Å²) in [5.74, 6) is -0.226. The molecule has 10 nitrogen and oxygen atoms in total. The van der Waals surface area contributed by atoms with Crippen molar-refractivity contribution in [2.24, 2.45) is 5.14 Å². The Bertz CT molecular complexity index is 1290. The Kier molecular flexibility index (Phi) is 5.59. The number of primary sulfonamides is 1. The molecule has 4 rings (SSSR count). The van der Waals surface area contributed by atoms with E-state index in [-0.39, 0.29) is 10.8 Å². The maximum Gasteiger partial charge on any atom is 0.256 e. The molecule has 0 unspecified atom stereocenters. The zero-order valence-electron chi connectivity index (χ0n) is 15.0. The summed E-state index contributed by atoms with van der Waals surface area (Å²) in [6.45, 7) is 0. The van der Waals surface area contributed by atoms with E-state index in [4.69, 9.17) is 5.14 Å². The topological polar surface area (TPSA) is 146 Å². The fraction of sp³-hybridized carbons (Fsp3) is 0. The summed E-state index contributed by atoms with van der Waals surface area (Å²) < 4.78 is 24.9. The molecule has 0 aliphatic carbocycles. The van der Waals surface area contributed by atoms with Gasteiger partial charge in [0.1, 0.15) is 5.00 Å². The normalized spacial score (nSPS) is 11.4. The van der Waals surface area contributed by atoms with Crippen LogP contribution in [0.25, 0.3) is 5.69 Å². The molecule has 0 spiro atoms. The number of nitrogens with one attached hydrogen (secondary N) is 1. The first-order valence-corrected chi connectivity index (χ1v) is 11.5. The number of thiazole rings is 1. The fourth-order valence-electron chi connectivity index (χ4n) is 2.40. The Balaban J connectivity index is 1.49. The first kappa shape index (κ1) is 20.2. The van der Waals surface area contributed by atoms with Crippen molar-refractivity contribution < 1.29 is 13.2 Å². The lowest BCUT2D eigenvalue weighted by Gasteiger charge is -2.04. The number of nitrogens with two attached hydrogens (primary N) is 1. The van der Waals surface area contributed by atoms with Gasteiger partial charge in [0.2, 0.25) is 15.2 Å². The van der Waals surface area contributed by atoms with Gasteiger partial charge in [-0.25, -0.2) is 18.5 Å². The summed E-state index contributed by atoms with van der Waals surface area (Å²) >= 11 is 2.49. The molecular weight excluding hydrogens is 446 g/mol. The minimum absolute atomic E-state index is 0.00718. The van der Waals surface area contributed by atoms with Gasteiger partial charge in [0, 0.05) is 5.56 Å². The largest absolute Gasteiger partial charge is 0.312 e. The lowest BCUT2D eigenvalue weighted by atomic mass is 10.2. The molecule has 1 amide bonds. The second kappa shape index (κ2) is 8.31. The van der Waals surface area contributed by atoms with Crippen molar-refractivity contribution in [2.75, 3.05) is 5.32 Å².